The molecule has 86 valence electrons. The van der Waals surface area contributed by atoms with E-state index in [1.807, 2.05) is 13.8 Å². The van der Waals surface area contributed by atoms with Gasteiger partial charge in [0.2, 0.25) is 5.91 Å². The first kappa shape index (κ1) is 11.0. The molecular formula is C12H17N3O. The number of amides is 1. The van der Waals surface area contributed by atoms with E-state index in [9.17, 15) is 4.79 Å². The molecule has 4 heteroatoms. The Morgan fingerprint density at radius 1 is 1.69 bits per heavy atom. The van der Waals surface area contributed by atoms with Gasteiger partial charge >= 0.3 is 0 Å². The van der Waals surface area contributed by atoms with Gasteiger partial charge in [-0.2, -0.15) is 0 Å². The molecule has 1 fully saturated rings. The smallest absolute Gasteiger partial charge is 0.231 e. The third-order valence-corrected chi connectivity index (χ3v) is 3.13. The molecule has 0 aromatic carbocycles. The number of carbonyl (C=O) groups is 1. The predicted octanol–water partition coefficient (Wildman–Crippen LogP) is 0.581. The van der Waals surface area contributed by atoms with E-state index in [0.717, 1.165) is 6.42 Å². The van der Waals surface area contributed by atoms with Gasteiger partial charge in [-0.1, -0.05) is 0 Å². The number of aliphatic imine (C=N–C) groups is 1. The van der Waals surface area contributed by atoms with E-state index in [4.69, 9.17) is 12.2 Å². The molecule has 1 aliphatic carbocycles. The van der Waals surface area contributed by atoms with E-state index in [1.165, 1.54) is 0 Å². The molecule has 4 nitrogen and oxygen atoms in total. The van der Waals surface area contributed by atoms with Gasteiger partial charge in [-0.25, -0.2) is 4.99 Å². The summed E-state index contributed by atoms with van der Waals surface area (Å²) in [5, 5.41) is 0. The average molecular weight is 219 g/mol. The summed E-state index contributed by atoms with van der Waals surface area (Å²) in [6.45, 7) is 4.45. The normalized spacial score (nSPS) is 31.9. The van der Waals surface area contributed by atoms with Crippen LogP contribution < -0.4 is 5.73 Å². The third kappa shape index (κ3) is 2.04. The molecule has 1 heterocycles. The van der Waals surface area contributed by atoms with Gasteiger partial charge in [0.1, 0.15) is 0 Å². The first-order valence-electron chi connectivity index (χ1n) is 5.55. The van der Waals surface area contributed by atoms with Crippen LogP contribution in [0.4, 0.5) is 0 Å². The Kier molecular flexibility index (Phi) is 2.42. The summed E-state index contributed by atoms with van der Waals surface area (Å²) in [5.74, 6) is 3.82. The van der Waals surface area contributed by atoms with Crippen LogP contribution in [-0.2, 0) is 4.79 Å². The minimum absolute atomic E-state index is 0.0557. The molecule has 2 N–H and O–H groups in total. The second-order valence-electron chi connectivity index (χ2n) is 5.23. The number of guanidine groups is 1. The van der Waals surface area contributed by atoms with Crippen molar-refractivity contribution in [1.29, 1.82) is 0 Å². The molecule has 0 aromatic rings. The SMILES string of the molecule is C#C[C@@H]1C[C@H]1CN1C(=O)CC(C)(C)N=C1N. The number of hydrogen-bond donors (Lipinski definition) is 1. The monoisotopic (exact) mass is 219 g/mol. The zero-order chi connectivity index (χ0) is 11.9. The number of carbonyl (C=O) groups excluding carboxylic acids is 1. The topological polar surface area (TPSA) is 58.7 Å². The maximum absolute atomic E-state index is 11.9. The molecule has 1 amide bonds. The van der Waals surface area contributed by atoms with E-state index in [-0.39, 0.29) is 11.4 Å². The summed E-state index contributed by atoms with van der Waals surface area (Å²) in [5.41, 5.74) is 5.44. The summed E-state index contributed by atoms with van der Waals surface area (Å²) in [6.07, 6.45) is 6.74. The molecule has 2 aliphatic rings. The summed E-state index contributed by atoms with van der Waals surface area (Å²) in [7, 11) is 0. The van der Waals surface area contributed by atoms with Crippen molar-refractivity contribution >= 4 is 11.9 Å². The first-order chi connectivity index (χ1) is 7.43. The summed E-state index contributed by atoms with van der Waals surface area (Å²) in [4.78, 5) is 17.8. The Morgan fingerprint density at radius 3 is 2.88 bits per heavy atom. The van der Waals surface area contributed by atoms with E-state index < -0.39 is 0 Å². The minimum Gasteiger partial charge on any atom is -0.369 e. The van der Waals surface area contributed by atoms with Crippen molar-refractivity contribution in [2.75, 3.05) is 6.54 Å². The zero-order valence-corrected chi connectivity index (χ0v) is 9.73. The fourth-order valence-corrected chi connectivity index (χ4v) is 2.09. The lowest BCUT2D eigenvalue weighted by molar-refractivity contribution is -0.129. The fraction of sp³-hybridized carbons (Fsp3) is 0.667. The molecule has 0 saturated heterocycles. The highest BCUT2D eigenvalue weighted by atomic mass is 16.2. The summed E-state index contributed by atoms with van der Waals surface area (Å²) >= 11 is 0. The highest BCUT2D eigenvalue weighted by Gasteiger charge is 2.41. The van der Waals surface area contributed by atoms with Crippen molar-refractivity contribution in [3.05, 3.63) is 0 Å². The number of nitrogens with two attached hydrogens (primary N) is 1. The van der Waals surface area contributed by atoms with Gasteiger partial charge in [-0.15, -0.1) is 12.3 Å². The average Bonchev–Trinajstić information content (AvgIpc) is 2.88. The maximum Gasteiger partial charge on any atom is 0.231 e. The second-order valence-corrected chi connectivity index (χ2v) is 5.23. The van der Waals surface area contributed by atoms with Crippen molar-refractivity contribution in [3.63, 3.8) is 0 Å². The number of rotatable bonds is 2. The Morgan fingerprint density at radius 2 is 2.38 bits per heavy atom. The van der Waals surface area contributed by atoms with Gasteiger partial charge in [-0.05, 0) is 26.2 Å². The Balaban J connectivity index is 2.06. The predicted molar refractivity (Wildman–Crippen MR) is 62.5 cm³/mol. The molecule has 1 saturated carbocycles. The Labute approximate surface area is 95.9 Å². The van der Waals surface area contributed by atoms with Crippen molar-refractivity contribution in [1.82, 2.24) is 4.90 Å². The van der Waals surface area contributed by atoms with Crippen LogP contribution in [0.5, 0.6) is 0 Å². The molecular weight excluding hydrogens is 202 g/mol. The van der Waals surface area contributed by atoms with Gasteiger partial charge in [-0.3, -0.25) is 9.69 Å². The van der Waals surface area contributed by atoms with Crippen LogP contribution in [-0.4, -0.2) is 28.9 Å². The van der Waals surface area contributed by atoms with Crippen LogP contribution in [0.1, 0.15) is 26.7 Å². The van der Waals surface area contributed by atoms with Crippen molar-refractivity contribution < 1.29 is 4.79 Å². The molecule has 0 spiro atoms. The maximum atomic E-state index is 11.9. The van der Waals surface area contributed by atoms with Gasteiger partial charge in [0.25, 0.3) is 0 Å². The van der Waals surface area contributed by atoms with Gasteiger partial charge in [0, 0.05) is 12.5 Å². The third-order valence-electron chi connectivity index (χ3n) is 3.13. The zero-order valence-electron chi connectivity index (χ0n) is 9.73. The lowest BCUT2D eigenvalue weighted by Gasteiger charge is -2.32. The van der Waals surface area contributed by atoms with E-state index in [2.05, 4.69) is 10.9 Å². The van der Waals surface area contributed by atoms with Crippen LogP contribution >= 0.6 is 0 Å². The highest BCUT2D eigenvalue weighted by molar-refractivity contribution is 5.99. The number of hydrogen-bond acceptors (Lipinski definition) is 3. The van der Waals surface area contributed by atoms with Gasteiger partial charge in [0.15, 0.2) is 5.96 Å². The summed E-state index contributed by atoms with van der Waals surface area (Å²) < 4.78 is 0. The Hall–Kier alpha value is -1.50. The van der Waals surface area contributed by atoms with Crippen molar-refractivity contribution in [2.45, 2.75) is 32.2 Å². The van der Waals surface area contributed by atoms with Crippen LogP contribution in [0.3, 0.4) is 0 Å². The molecule has 2 rings (SSSR count). The molecule has 0 unspecified atom stereocenters. The van der Waals surface area contributed by atoms with Crippen molar-refractivity contribution in [3.8, 4) is 12.3 Å². The number of terminal acetylenes is 1. The van der Waals surface area contributed by atoms with Crippen LogP contribution in [0.2, 0.25) is 0 Å². The van der Waals surface area contributed by atoms with Crippen molar-refractivity contribution in [2.24, 2.45) is 22.6 Å². The van der Waals surface area contributed by atoms with Crippen LogP contribution in [0.15, 0.2) is 4.99 Å². The quantitative estimate of drug-likeness (QED) is 0.691. The van der Waals surface area contributed by atoms with E-state index >= 15 is 0 Å². The lowest BCUT2D eigenvalue weighted by atomic mass is 9.99. The number of nitrogens with zero attached hydrogens (tertiary/aromatic N) is 2. The second kappa shape index (κ2) is 3.51. The van der Waals surface area contributed by atoms with Gasteiger partial charge < -0.3 is 5.73 Å². The molecule has 1 aliphatic heterocycles. The first-order valence-corrected chi connectivity index (χ1v) is 5.55. The standard InChI is InChI=1S/C12H17N3O/c1-4-8-5-9(8)7-15-10(16)6-12(2,3)14-11(15)13/h1,8-9H,5-7H2,2-3H3,(H2,13,14)/t8-,9+/m1/s1. The van der Waals surface area contributed by atoms with E-state index in [1.54, 1.807) is 4.90 Å². The molecule has 0 radical (unpaired) electrons. The minimum atomic E-state index is -0.368. The lowest BCUT2D eigenvalue weighted by Crippen LogP contribution is -2.50. The van der Waals surface area contributed by atoms with Crippen LogP contribution in [0.25, 0.3) is 0 Å². The van der Waals surface area contributed by atoms with E-state index in [0.29, 0.717) is 30.8 Å². The van der Waals surface area contributed by atoms with Crippen LogP contribution in [0, 0.1) is 24.2 Å². The summed E-state index contributed by atoms with van der Waals surface area (Å²) in [6, 6.07) is 0. The molecule has 16 heavy (non-hydrogen) atoms. The van der Waals surface area contributed by atoms with Gasteiger partial charge in [0.05, 0.1) is 12.0 Å². The largest absolute Gasteiger partial charge is 0.369 e. The fourth-order valence-electron chi connectivity index (χ4n) is 2.09. The highest BCUT2D eigenvalue weighted by Crippen LogP contribution is 2.38. The molecule has 2 atom stereocenters. The molecule has 0 aromatic heterocycles. The molecule has 0 bridgehead atoms. The Bertz CT molecular complexity index is 392.